The van der Waals surface area contributed by atoms with Crippen molar-refractivity contribution in [3.05, 3.63) is 110 Å². The standard InChI is InChI=1S/C42H65N3O4/c1-38(43)44-34-32-39-26-18-10-4-6-14-22-30-41(46)48-36-24-16-8-12-20-28-40(33-35-45(2)3)29-21-13-9-17-25-37-49-42(47)31-23-15-7-5-11-19-27-39/h6-7,10-21,24-25,39-40,44H,1,4-5,8-9,22-23,26-37,43H2,2-3H3/b14-6+,15-7+,18-10+,19-11+,20-12+,21-13+,24-16+,25-17+. The molecule has 0 aromatic carbocycles. The lowest BCUT2D eigenvalue weighted by atomic mass is 9.96. The number of nitrogens with one attached hydrogen (secondary N) is 1. The number of allylic oxidation sites excluding steroid dienone is 14. The number of nitrogens with zero attached hydrogens (tertiary/aromatic N) is 1. The van der Waals surface area contributed by atoms with Crippen LogP contribution in [0, 0.1) is 11.8 Å². The number of ether oxygens (including phenoxy) is 2. The highest BCUT2D eigenvalue weighted by atomic mass is 16.5. The molecule has 0 aromatic rings. The molecule has 7 nitrogen and oxygen atoms in total. The lowest BCUT2D eigenvalue weighted by Crippen LogP contribution is -2.21. The summed E-state index contributed by atoms with van der Waals surface area (Å²) in [5.74, 6) is 1.24. The van der Waals surface area contributed by atoms with Crippen LogP contribution in [-0.4, -0.2) is 57.2 Å². The maximum atomic E-state index is 12.1. The molecule has 1 heterocycles. The van der Waals surface area contributed by atoms with Crippen LogP contribution in [0.1, 0.15) is 89.9 Å². The van der Waals surface area contributed by atoms with Crippen LogP contribution in [0.5, 0.6) is 0 Å². The van der Waals surface area contributed by atoms with Gasteiger partial charge in [0.05, 0.1) is 5.82 Å². The van der Waals surface area contributed by atoms with Crippen molar-refractivity contribution >= 4 is 11.9 Å². The zero-order valence-electron chi connectivity index (χ0n) is 30.5. The first-order chi connectivity index (χ1) is 23.9. The molecule has 3 N–H and O–H groups in total. The van der Waals surface area contributed by atoms with Gasteiger partial charge in [0.15, 0.2) is 0 Å². The van der Waals surface area contributed by atoms with E-state index in [2.05, 4.69) is 91.7 Å². The number of hydrogen-bond donors (Lipinski definition) is 2. The summed E-state index contributed by atoms with van der Waals surface area (Å²) in [6, 6.07) is 0. The molecule has 1 aliphatic heterocycles. The maximum Gasteiger partial charge on any atom is 0.306 e. The summed E-state index contributed by atoms with van der Waals surface area (Å²) in [5.41, 5.74) is 5.67. The van der Waals surface area contributed by atoms with Gasteiger partial charge < -0.3 is 25.4 Å². The van der Waals surface area contributed by atoms with E-state index >= 15 is 0 Å². The molecule has 0 unspecified atom stereocenters. The summed E-state index contributed by atoms with van der Waals surface area (Å²) in [4.78, 5) is 26.4. The number of carbonyl (C=O) groups is 2. The molecular formula is C42H65N3O4. The highest BCUT2D eigenvalue weighted by Gasteiger charge is 2.07. The lowest BCUT2D eigenvalue weighted by molar-refractivity contribution is -0.143. The molecule has 0 aromatic heterocycles. The summed E-state index contributed by atoms with van der Waals surface area (Å²) in [7, 11) is 4.23. The molecule has 1 rings (SSSR count). The average Bonchev–Trinajstić information content (AvgIpc) is 3.06. The van der Waals surface area contributed by atoms with E-state index < -0.39 is 0 Å². The fourth-order valence-corrected chi connectivity index (χ4v) is 4.98. The molecule has 0 saturated heterocycles. The zero-order chi connectivity index (χ0) is 35.6. The van der Waals surface area contributed by atoms with Gasteiger partial charge in [-0.15, -0.1) is 0 Å². The van der Waals surface area contributed by atoms with Gasteiger partial charge in [0.25, 0.3) is 0 Å². The Bertz CT molecular complexity index is 1050. The van der Waals surface area contributed by atoms with Gasteiger partial charge in [-0.1, -0.05) is 104 Å². The number of hydrogen-bond acceptors (Lipinski definition) is 7. The van der Waals surface area contributed by atoms with Crippen molar-refractivity contribution in [1.29, 1.82) is 0 Å². The lowest BCUT2D eigenvalue weighted by Gasteiger charge is -2.16. The Morgan fingerprint density at radius 1 is 0.653 bits per heavy atom. The summed E-state index contributed by atoms with van der Waals surface area (Å²) in [5, 5.41) is 3.13. The highest BCUT2D eigenvalue weighted by Crippen LogP contribution is 2.17. The number of rotatable bonds is 7. The van der Waals surface area contributed by atoms with E-state index in [9.17, 15) is 9.59 Å². The van der Waals surface area contributed by atoms with Gasteiger partial charge in [-0.05, 0) is 110 Å². The molecule has 0 radical (unpaired) electrons. The third-order valence-electron chi connectivity index (χ3n) is 7.90. The van der Waals surface area contributed by atoms with Crippen LogP contribution in [0.15, 0.2) is 110 Å². The van der Waals surface area contributed by atoms with Crippen LogP contribution in [0.4, 0.5) is 0 Å². The van der Waals surface area contributed by atoms with Gasteiger partial charge in [0.1, 0.15) is 13.2 Å². The summed E-state index contributed by atoms with van der Waals surface area (Å²) < 4.78 is 10.7. The Balaban J connectivity index is 2.70. The molecule has 0 atom stereocenters. The van der Waals surface area contributed by atoms with Crippen molar-refractivity contribution in [2.24, 2.45) is 17.6 Å². The SMILES string of the molecule is C=C(N)NCCC1C/C=C/C/C=C/CCC(=O)OC/C=C/C/C=C/CC(CCN(C)C)C/C=C/C/C=C/COC(=O)CC/C=C/C/C=C/C1. The van der Waals surface area contributed by atoms with Gasteiger partial charge in [0, 0.05) is 19.4 Å². The fourth-order valence-electron chi connectivity index (χ4n) is 4.98. The normalized spacial score (nSPS) is 26.2. The van der Waals surface area contributed by atoms with Crippen LogP contribution in [0.2, 0.25) is 0 Å². The molecule has 1 aliphatic rings. The van der Waals surface area contributed by atoms with Crippen molar-refractivity contribution < 1.29 is 19.1 Å². The summed E-state index contributed by atoms with van der Waals surface area (Å²) in [6.07, 6.45) is 45.6. The number of carbonyl (C=O) groups excluding carboxylic acids is 2. The number of nitrogens with two attached hydrogens (primary N) is 1. The van der Waals surface area contributed by atoms with Crippen LogP contribution in [-0.2, 0) is 19.1 Å². The minimum Gasteiger partial charge on any atom is -0.461 e. The first-order valence-corrected chi connectivity index (χ1v) is 18.2. The Morgan fingerprint density at radius 2 is 1.04 bits per heavy atom. The second-order valence-electron chi connectivity index (χ2n) is 12.7. The van der Waals surface area contributed by atoms with E-state index in [0.29, 0.717) is 56.6 Å². The van der Waals surface area contributed by atoms with E-state index in [-0.39, 0.29) is 11.9 Å². The predicted octanol–water partition coefficient (Wildman–Crippen LogP) is 8.81. The Hall–Kier alpha value is -3.84. The number of cyclic esters (lactones) is 2. The average molecular weight is 676 g/mol. The second-order valence-corrected chi connectivity index (χ2v) is 12.7. The van der Waals surface area contributed by atoms with Crippen molar-refractivity contribution in [1.82, 2.24) is 10.2 Å². The Labute approximate surface area is 298 Å². The first kappa shape index (κ1) is 43.2. The van der Waals surface area contributed by atoms with Crippen molar-refractivity contribution in [3.63, 3.8) is 0 Å². The molecule has 49 heavy (non-hydrogen) atoms. The fraction of sp³-hybridized carbons (Fsp3) is 0.524. The van der Waals surface area contributed by atoms with Crippen LogP contribution >= 0.6 is 0 Å². The molecule has 0 bridgehead atoms. The predicted molar refractivity (Wildman–Crippen MR) is 207 cm³/mol. The zero-order valence-corrected chi connectivity index (χ0v) is 30.5. The van der Waals surface area contributed by atoms with E-state index in [1.807, 2.05) is 36.5 Å². The van der Waals surface area contributed by atoms with Crippen LogP contribution in [0.3, 0.4) is 0 Å². The Kier molecular flexibility index (Phi) is 27.7. The summed E-state index contributed by atoms with van der Waals surface area (Å²) in [6.45, 7) is 6.21. The third-order valence-corrected chi connectivity index (χ3v) is 7.90. The molecule has 0 saturated carbocycles. The van der Waals surface area contributed by atoms with E-state index in [1.54, 1.807) is 0 Å². The third kappa shape index (κ3) is 30.0. The van der Waals surface area contributed by atoms with E-state index in [0.717, 1.165) is 77.3 Å². The van der Waals surface area contributed by atoms with Gasteiger partial charge in [-0.25, -0.2) is 0 Å². The first-order valence-electron chi connectivity index (χ1n) is 18.2. The molecule has 7 heteroatoms. The minimum absolute atomic E-state index is 0.167. The van der Waals surface area contributed by atoms with Gasteiger partial charge in [-0.2, -0.15) is 0 Å². The largest absolute Gasteiger partial charge is 0.461 e. The molecule has 0 amide bonds. The van der Waals surface area contributed by atoms with Crippen LogP contribution < -0.4 is 11.1 Å². The van der Waals surface area contributed by atoms with Crippen molar-refractivity contribution in [3.8, 4) is 0 Å². The van der Waals surface area contributed by atoms with Crippen LogP contribution in [0.25, 0.3) is 0 Å². The molecule has 0 spiro atoms. The molecule has 272 valence electrons. The van der Waals surface area contributed by atoms with Gasteiger partial charge in [-0.3, -0.25) is 9.59 Å². The summed E-state index contributed by atoms with van der Waals surface area (Å²) >= 11 is 0. The van der Waals surface area contributed by atoms with E-state index in [4.69, 9.17) is 15.2 Å². The van der Waals surface area contributed by atoms with Crippen molar-refractivity contribution in [2.45, 2.75) is 89.9 Å². The molecule has 0 fully saturated rings. The van der Waals surface area contributed by atoms with E-state index in [1.165, 1.54) is 0 Å². The highest BCUT2D eigenvalue weighted by molar-refractivity contribution is 5.69. The second kappa shape index (κ2) is 31.4. The smallest absolute Gasteiger partial charge is 0.306 e. The van der Waals surface area contributed by atoms with Gasteiger partial charge in [0.2, 0.25) is 0 Å². The monoisotopic (exact) mass is 675 g/mol. The minimum atomic E-state index is -0.167. The van der Waals surface area contributed by atoms with Gasteiger partial charge >= 0.3 is 11.9 Å². The quantitative estimate of drug-likeness (QED) is 0.206. The number of esters is 2. The Morgan fingerprint density at radius 3 is 1.45 bits per heavy atom. The maximum absolute atomic E-state index is 12.1. The molecule has 0 aliphatic carbocycles. The topological polar surface area (TPSA) is 93.9 Å². The van der Waals surface area contributed by atoms with Crippen molar-refractivity contribution in [2.75, 3.05) is 40.4 Å². The molecular weight excluding hydrogens is 610 g/mol.